The number of benzene rings is 1. The first-order valence-electron chi connectivity index (χ1n) is 12.3. The van der Waals surface area contributed by atoms with Crippen LogP contribution in [-0.2, 0) is 14.6 Å². The number of nitrogens with zero attached hydrogens (tertiary/aromatic N) is 3. The predicted octanol–water partition coefficient (Wildman–Crippen LogP) is 3.43. The Morgan fingerprint density at radius 3 is 2.61 bits per heavy atom. The zero-order valence-electron chi connectivity index (χ0n) is 21.2. The summed E-state index contributed by atoms with van der Waals surface area (Å²) < 4.78 is 23.6. The Bertz CT molecular complexity index is 1390. The molecule has 38 heavy (non-hydrogen) atoms. The van der Waals surface area contributed by atoms with Crippen molar-refractivity contribution >= 4 is 39.1 Å². The number of rotatable bonds is 8. The number of aromatic nitrogens is 2. The van der Waals surface area contributed by atoms with Gasteiger partial charge in [0.1, 0.15) is 5.82 Å². The second-order valence-corrected chi connectivity index (χ2v) is 11.9. The molecule has 200 valence electrons. The van der Waals surface area contributed by atoms with Crippen LogP contribution < -0.4 is 15.5 Å². The number of hydrogen-bond donors (Lipinski definition) is 2. The number of hydrogen-bond acceptors (Lipinski definition) is 7. The first-order valence-corrected chi connectivity index (χ1v) is 14.5. The molecule has 2 aromatic heterocycles. The number of sulfone groups is 1. The van der Waals surface area contributed by atoms with Gasteiger partial charge in [0.15, 0.2) is 9.84 Å². The minimum atomic E-state index is -3.36. The number of pyridine rings is 2. The van der Waals surface area contributed by atoms with E-state index in [0.29, 0.717) is 35.9 Å². The van der Waals surface area contributed by atoms with Crippen LogP contribution >= 0.6 is 11.6 Å². The van der Waals surface area contributed by atoms with E-state index in [0.717, 1.165) is 11.9 Å². The van der Waals surface area contributed by atoms with Gasteiger partial charge in [0.05, 0.1) is 22.7 Å². The first kappa shape index (κ1) is 27.5. The van der Waals surface area contributed by atoms with Gasteiger partial charge in [0, 0.05) is 48.7 Å². The molecular weight excluding hydrogens is 526 g/mol. The van der Waals surface area contributed by atoms with Crippen LogP contribution in [0.3, 0.4) is 0 Å². The molecule has 1 aliphatic rings. The van der Waals surface area contributed by atoms with E-state index in [9.17, 15) is 18.0 Å². The lowest BCUT2D eigenvalue weighted by molar-refractivity contribution is -0.123. The van der Waals surface area contributed by atoms with Gasteiger partial charge in [-0.1, -0.05) is 23.7 Å². The van der Waals surface area contributed by atoms with E-state index in [1.54, 1.807) is 36.5 Å². The van der Waals surface area contributed by atoms with Crippen molar-refractivity contribution in [2.75, 3.05) is 24.2 Å². The average molecular weight is 556 g/mol. The van der Waals surface area contributed by atoms with Gasteiger partial charge in [0.2, 0.25) is 5.91 Å². The maximum absolute atomic E-state index is 13.1. The molecule has 1 aliphatic heterocycles. The molecule has 9 nitrogen and oxygen atoms in total. The molecule has 4 rings (SSSR count). The number of nitrogens with one attached hydrogen (secondary N) is 2. The van der Waals surface area contributed by atoms with E-state index >= 15 is 0 Å². The van der Waals surface area contributed by atoms with Gasteiger partial charge in [-0.15, -0.1) is 0 Å². The van der Waals surface area contributed by atoms with Crippen LogP contribution in [-0.4, -0.2) is 55.6 Å². The molecule has 3 heterocycles. The van der Waals surface area contributed by atoms with Crippen molar-refractivity contribution in [2.45, 2.75) is 36.7 Å². The van der Waals surface area contributed by atoms with Gasteiger partial charge in [-0.05, 0) is 61.7 Å². The van der Waals surface area contributed by atoms with Gasteiger partial charge in [-0.2, -0.15) is 0 Å². The molecule has 3 atom stereocenters. The highest BCUT2D eigenvalue weighted by Crippen LogP contribution is 2.26. The highest BCUT2D eigenvalue weighted by atomic mass is 35.5. The van der Waals surface area contributed by atoms with E-state index in [1.807, 2.05) is 30.0 Å². The minimum Gasteiger partial charge on any atom is -0.355 e. The molecule has 3 aromatic rings. The van der Waals surface area contributed by atoms with Gasteiger partial charge < -0.3 is 15.5 Å². The van der Waals surface area contributed by atoms with E-state index in [1.165, 1.54) is 12.3 Å². The van der Waals surface area contributed by atoms with Crippen LogP contribution in [0, 0.1) is 5.92 Å². The SMILES string of the molecule is CC(NC(=O)CC1CCN(c2ccc(S(C)(=O)=O)cn2)CC1NC(=O)c1cccc(Cl)c1)c1ccccn1. The third kappa shape index (κ3) is 7.08. The largest absolute Gasteiger partial charge is 0.355 e. The summed E-state index contributed by atoms with van der Waals surface area (Å²) in [6, 6.07) is 14.8. The molecule has 0 radical (unpaired) electrons. The maximum atomic E-state index is 13.1. The Balaban J connectivity index is 1.49. The number of halogens is 1. The molecule has 2 N–H and O–H groups in total. The van der Waals surface area contributed by atoms with Crippen LogP contribution in [0.15, 0.2) is 71.9 Å². The fourth-order valence-corrected chi connectivity index (χ4v) is 5.27. The molecule has 11 heteroatoms. The Hall–Kier alpha value is -3.50. The molecule has 0 aliphatic carbocycles. The lowest BCUT2D eigenvalue weighted by Gasteiger charge is -2.39. The Labute approximate surface area is 227 Å². The van der Waals surface area contributed by atoms with Crippen molar-refractivity contribution in [3.05, 3.63) is 83.3 Å². The van der Waals surface area contributed by atoms with Crippen molar-refractivity contribution < 1.29 is 18.0 Å². The van der Waals surface area contributed by atoms with E-state index in [2.05, 4.69) is 20.6 Å². The average Bonchev–Trinajstić information content (AvgIpc) is 2.89. The molecule has 1 saturated heterocycles. The summed E-state index contributed by atoms with van der Waals surface area (Å²) in [6.07, 6.45) is 5.01. The summed E-state index contributed by atoms with van der Waals surface area (Å²) in [7, 11) is -3.36. The number of piperidine rings is 1. The third-order valence-corrected chi connectivity index (χ3v) is 7.92. The number of anilines is 1. The molecule has 0 saturated carbocycles. The summed E-state index contributed by atoms with van der Waals surface area (Å²) in [5.74, 6) is 0.0675. The van der Waals surface area contributed by atoms with Gasteiger partial charge in [0.25, 0.3) is 5.91 Å². The summed E-state index contributed by atoms with van der Waals surface area (Å²) in [5.41, 5.74) is 1.20. The summed E-state index contributed by atoms with van der Waals surface area (Å²) in [6.45, 7) is 2.89. The molecule has 3 unspecified atom stereocenters. The Morgan fingerprint density at radius 1 is 1.13 bits per heavy atom. The number of amides is 2. The molecule has 0 bridgehead atoms. The quantitative estimate of drug-likeness (QED) is 0.437. The van der Waals surface area contributed by atoms with Crippen LogP contribution in [0.1, 0.15) is 41.9 Å². The smallest absolute Gasteiger partial charge is 0.251 e. The topological polar surface area (TPSA) is 121 Å². The zero-order chi connectivity index (χ0) is 27.3. The lowest BCUT2D eigenvalue weighted by atomic mass is 9.87. The van der Waals surface area contributed by atoms with E-state index < -0.39 is 9.84 Å². The van der Waals surface area contributed by atoms with Crippen molar-refractivity contribution in [3.8, 4) is 0 Å². The Morgan fingerprint density at radius 2 is 1.95 bits per heavy atom. The highest BCUT2D eigenvalue weighted by Gasteiger charge is 2.33. The van der Waals surface area contributed by atoms with Gasteiger partial charge in [-0.25, -0.2) is 13.4 Å². The van der Waals surface area contributed by atoms with Crippen LogP contribution in [0.5, 0.6) is 0 Å². The second kappa shape index (κ2) is 11.9. The van der Waals surface area contributed by atoms with Crippen molar-refractivity contribution in [1.82, 2.24) is 20.6 Å². The Kier molecular flexibility index (Phi) is 8.63. The summed E-state index contributed by atoms with van der Waals surface area (Å²) >= 11 is 6.08. The van der Waals surface area contributed by atoms with Gasteiger partial charge >= 0.3 is 0 Å². The van der Waals surface area contributed by atoms with E-state index in [-0.39, 0.29) is 41.1 Å². The fraction of sp³-hybridized carbons (Fsp3) is 0.333. The predicted molar refractivity (Wildman–Crippen MR) is 146 cm³/mol. The zero-order valence-corrected chi connectivity index (χ0v) is 22.7. The van der Waals surface area contributed by atoms with Crippen LogP contribution in [0.25, 0.3) is 0 Å². The van der Waals surface area contributed by atoms with Crippen molar-refractivity contribution in [3.63, 3.8) is 0 Å². The molecule has 2 amide bonds. The molecule has 1 fully saturated rings. The van der Waals surface area contributed by atoms with Crippen molar-refractivity contribution in [1.29, 1.82) is 0 Å². The molecule has 0 spiro atoms. The van der Waals surface area contributed by atoms with Crippen LogP contribution in [0.2, 0.25) is 5.02 Å². The normalized spacial score (nSPS) is 18.4. The molecule has 1 aromatic carbocycles. The summed E-state index contributed by atoms with van der Waals surface area (Å²) in [5, 5.41) is 6.54. The van der Waals surface area contributed by atoms with Gasteiger partial charge in [-0.3, -0.25) is 14.6 Å². The first-order chi connectivity index (χ1) is 18.1. The number of carbonyl (C=O) groups is 2. The van der Waals surface area contributed by atoms with Crippen molar-refractivity contribution in [2.24, 2.45) is 5.92 Å². The number of carbonyl (C=O) groups excluding carboxylic acids is 2. The standard InChI is InChI=1S/C27H30ClN5O4S/c1-18(23-8-3-4-12-29-23)31-26(34)15-19-11-13-33(25-10-9-22(16-30-25)38(2,36)37)17-24(19)32-27(35)20-6-5-7-21(28)14-20/h3-10,12,14,16,18-19,24H,11,13,15,17H2,1-2H3,(H,31,34)(H,32,35). The maximum Gasteiger partial charge on any atom is 0.251 e. The third-order valence-electron chi connectivity index (χ3n) is 6.59. The van der Waals surface area contributed by atoms with Crippen LogP contribution in [0.4, 0.5) is 5.82 Å². The minimum absolute atomic E-state index is 0.124. The van der Waals surface area contributed by atoms with E-state index in [4.69, 9.17) is 11.6 Å². The summed E-state index contributed by atoms with van der Waals surface area (Å²) in [4.78, 5) is 36.8. The fourth-order valence-electron chi connectivity index (χ4n) is 4.52. The highest BCUT2D eigenvalue weighted by molar-refractivity contribution is 7.90. The lowest BCUT2D eigenvalue weighted by Crippen LogP contribution is -2.54. The monoisotopic (exact) mass is 555 g/mol. The molecular formula is C27H30ClN5O4S. The second-order valence-electron chi connectivity index (χ2n) is 9.46.